The van der Waals surface area contributed by atoms with Crippen molar-refractivity contribution in [1.29, 1.82) is 0 Å². The summed E-state index contributed by atoms with van der Waals surface area (Å²) in [5.41, 5.74) is -1.48. The number of carbonyl (C=O) groups excluding carboxylic acids is 1. The Balaban J connectivity index is 0.939. The largest absolute Gasteiger partial charge is 0.432 e. The molecular formula is C52H84O21. The van der Waals surface area contributed by atoms with Crippen molar-refractivity contribution in [2.45, 2.75) is 229 Å². The number of hydrogen-bond acceptors (Lipinski definition) is 21. The number of ether oxygens (including phenoxy) is 8. The summed E-state index contributed by atoms with van der Waals surface area (Å²) >= 11 is 0. The Kier molecular flexibility index (Phi) is 15.6. The van der Waals surface area contributed by atoms with Crippen LogP contribution in [-0.4, -0.2) is 210 Å². The fraction of sp³-hybridized carbons (Fsp3) is 0.942. The number of rotatable bonds is 10. The van der Waals surface area contributed by atoms with Gasteiger partial charge in [-0.15, -0.1) is 0 Å². The van der Waals surface area contributed by atoms with Gasteiger partial charge in [0.2, 0.25) is 6.29 Å². The average Bonchev–Trinajstić information content (AvgIpc) is 3.35. The first kappa shape index (κ1) is 56.2. The minimum Gasteiger partial charge on any atom is -0.432 e. The van der Waals surface area contributed by atoms with Crippen molar-refractivity contribution < 1.29 is 104 Å². The van der Waals surface area contributed by atoms with Crippen LogP contribution in [0.25, 0.3) is 0 Å². The van der Waals surface area contributed by atoms with Crippen LogP contribution in [0.2, 0.25) is 0 Å². The van der Waals surface area contributed by atoms with Crippen LogP contribution >= 0.6 is 0 Å². The standard InChI is InChI=1S/C52H84O21/c1-23-32(57)40(71-42-37(62)33(58)26(55)20-66-42)39(64)44(68-23)72-41-34(59)27(56)21-67-45(41)70-31-11-12-48(4)29(49(31,5)22-54)10-13-51(7)30(48)9-8-24-25-18-47(2,3)14-16-52(25,17-15-50(24,51)6)46(65)73-43-38(63)36(61)35(60)28(19-53)69-43/h8,23,25-45,53-64H,9-22H2,1-7H3/t23-,25-,26+,27-,28+,29+,30+,31-,32-,33-,34-,35+,36-,37+,38+,39+,40+,41+,42-,43-,44-,45-,48-,49-,50+,51+,52-/m0/s1. The van der Waals surface area contributed by atoms with Crippen LogP contribution < -0.4 is 0 Å². The van der Waals surface area contributed by atoms with Gasteiger partial charge >= 0.3 is 5.97 Å². The maximum Gasteiger partial charge on any atom is 0.315 e. The van der Waals surface area contributed by atoms with E-state index >= 15 is 0 Å². The lowest BCUT2D eigenvalue weighted by Crippen LogP contribution is -2.67. The molecule has 27 atom stereocenters. The molecule has 9 rings (SSSR count). The quantitative estimate of drug-likeness (QED) is 0.0727. The maximum atomic E-state index is 14.7. The molecule has 418 valence electrons. The van der Waals surface area contributed by atoms with Gasteiger partial charge in [0.15, 0.2) is 18.9 Å². The van der Waals surface area contributed by atoms with Crippen molar-refractivity contribution in [1.82, 2.24) is 0 Å². The predicted molar refractivity (Wildman–Crippen MR) is 251 cm³/mol. The van der Waals surface area contributed by atoms with E-state index in [0.29, 0.717) is 32.1 Å². The van der Waals surface area contributed by atoms with Gasteiger partial charge in [-0.1, -0.05) is 53.2 Å². The van der Waals surface area contributed by atoms with Crippen LogP contribution in [0.5, 0.6) is 0 Å². The number of allylic oxidation sites excluding steroid dienone is 2. The molecule has 73 heavy (non-hydrogen) atoms. The number of esters is 1. The highest BCUT2D eigenvalue weighted by molar-refractivity contribution is 5.79. The Morgan fingerprint density at radius 2 is 1.27 bits per heavy atom. The molecular weight excluding hydrogens is 961 g/mol. The van der Waals surface area contributed by atoms with Gasteiger partial charge in [-0.05, 0) is 111 Å². The monoisotopic (exact) mass is 1040 g/mol. The molecule has 21 heteroatoms. The second kappa shape index (κ2) is 20.3. The SMILES string of the molecule is C[C@@H]1O[C@@H](O[C@H]2[C@H](O[C@H]3CC[C@@]4(C)[C@@H](CC[C@]5(C)[C@@H]4CC=C4[C@@H]6CC(C)(C)CC[C@]6(C(=O)O[C@@H]6O[C@H](CO)[C@@H](O)[C@H](O)[C@H]6O)CC[C@]45C)[C@]3(C)CO)OC[C@H](O)[C@@H]2O)[C@H](O)[C@H](O[C@@H]2OC[C@@H](O)[C@H](O)[C@H]2O)[C@H]1O. The van der Waals surface area contributed by atoms with Gasteiger partial charge in [0.05, 0.1) is 44.1 Å². The smallest absolute Gasteiger partial charge is 0.315 e. The van der Waals surface area contributed by atoms with E-state index in [1.807, 2.05) is 6.92 Å². The Morgan fingerprint density at radius 1 is 0.630 bits per heavy atom. The van der Waals surface area contributed by atoms with Crippen LogP contribution in [0.3, 0.4) is 0 Å². The van der Waals surface area contributed by atoms with Crippen LogP contribution in [0.15, 0.2) is 11.6 Å². The number of fused-ring (bicyclic) bond motifs is 7. The van der Waals surface area contributed by atoms with Crippen LogP contribution in [0.1, 0.15) is 113 Å². The van der Waals surface area contributed by atoms with Crippen molar-refractivity contribution in [3.63, 3.8) is 0 Å². The Bertz CT molecular complexity index is 2010. The second-order valence-electron chi connectivity index (χ2n) is 25.2. The van der Waals surface area contributed by atoms with Crippen LogP contribution in [0.4, 0.5) is 0 Å². The fourth-order valence-electron chi connectivity index (χ4n) is 15.9. The van der Waals surface area contributed by atoms with Crippen molar-refractivity contribution in [3.05, 3.63) is 11.6 Å². The van der Waals surface area contributed by atoms with Gasteiger partial charge in [0.25, 0.3) is 0 Å². The first-order valence-electron chi connectivity index (χ1n) is 26.7. The molecule has 0 radical (unpaired) electrons. The zero-order valence-electron chi connectivity index (χ0n) is 43.2. The van der Waals surface area contributed by atoms with Gasteiger partial charge in [-0.3, -0.25) is 4.79 Å². The van der Waals surface area contributed by atoms with Crippen molar-refractivity contribution in [2.24, 2.45) is 50.2 Å². The number of aliphatic hydroxyl groups excluding tert-OH is 12. The van der Waals surface area contributed by atoms with E-state index in [4.69, 9.17) is 37.9 Å². The summed E-state index contributed by atoms with van der Waals surface area (Å²) in [5.74, 6) is -0.587. The van der Waals surface area contributed by atoms with E-state index in [-0.39, 0.29) is 59.2 Å². The highest BCUT2D eigenvalue weighted by Gasteiger charge is 2.71. The minimum absolute atomic E-state index is 0.0515. The molecule has 21 nitrogen and oxygen atoms in total. The van der Waals surface area contributed by atoms with E-state index in [9.17, 15) is 66.1 Å². The minimum atomic E-state index is -1.77. The topological polar surface area (TPSA) is 334 Å². The fourth-order valence-corrected chi connectivity index (χ4v) is 15.9. The second-order valence-corrected chi connectivity index (χ2v) is 25.2. The summed E-state index contributed by atoms with van der Waals surface area (Å²) in [6.45, 7) is 13.5. The summed E-state index contributed by atoms with van der Waals surface area (Å²) in [7, 11) is 0. The molecule has 0 spiro atoms. The molecule has 0 amide bonds. The first-order valence-corrected chi connectivity index (χ1v) is 26.7. The van der Waals surface area contributed by atoms with Gasteiger partial charge in [-0.25, -0.2) is 0 Å². The molecule has 12 N–H and O–H groups in total. The number of carbonyl (C=O) groups is 1. The third kappa shape index (κ3) is 9.10. The predicted octanol–water partition coefficient (Wildman–Crippen LogP) is -0.757. The number of aliphatic hydroxyl groups is 12. The molecule has 5 aliphatic carbocycles. The average molecular weight is 1050 g/mol. The molecule has 0 aromatic rings. The molecule has 4 heterocycles. The molecule has 8 fully saturated rings. The highest BCUT2D eigenvalue weighted by Crippen LogP contribution is 2.76. The van der Waals surface area contributed by atoms with Gasteiger partial charge < -0.3 is 99.2 Å². The first-order chi connectivity index (χ1) is 34.2. The third-order valence-corrected chi connectivity index (χ3v) is 20.7. The van der Waals surface area contributed by atoms with E-state index < -0.39 is 140 Å². The van der Waals surface area contributed by atoms with E-state index in [0.717, 1.165) is 32.1 Å². The Labute approximate surface area is 426 Å². The zero-order valence-corrected chi connectivity index (χ0v) is 43.2. The summed E-state index contributed by atoms with van der Waals surface area (Å²) in [5, 5.41) is 129. The van der Waals surface area contributed by atoms with Crippen molar-refractivity contribution in [3.8, 4) is 0 Å². The number of hydrogen-bond donors (Lipinski definition) is 12. The molecule has 0 unspecified atom stereocenters. The summed E-state index contributed by atoms with van der Waals surface area (Å²) in [6.07, 6.45) is -18.7. The van der Waals surface area contributed by atoms with Gasteiger partial charge in [-0.2, -0.15) is 0 Å². The van der Waals surface area contributed by atoms with E-state index in [1.165, 1.54) is 12.5 Å². The zero-order chi connectivity index (χ0) is 53.1. The van der Waals surface area contributed by atoms with Crippen LogP contribution in [-0.2, 0) is 42.7 Å². The Hall–Kier alpha value is -1.55. The van der Waals surface area contributed by atoms with E-state index in [1.54, 1.807) is 0 Å². The summed E-state index contributed by atoms with van der Waals surface area (Å²) in [6, 6.07) is 0. The van der Waals surface area contributed by atoms with E-state index in [2.05, 4.69) is 40.7 Å². The lowest BCUT2D eigenvalue weighted by molar-refractivity contribution is -0.379. The lowest BCUT2D eigenvalue weighted by Gasteiger charge is -2.71. The Morgan fingerprint density at radius 3 is 1.96 bits per heavy atom. The molecule has 4 saturated heterocycles. The molecule has 0 bridgehead atoms. The van der Waals surface area contributed by atoms with Gasteiger partial charge in [0.1, 0.15) is 79.4 Å². The molecule has 0 aromatic heterocycles. The van der Waals surface area contributed by atoms with Crippen molar-refractivity contribution >= 4 is 5.97 Å². The summed E-state index contributed by atoms with van der Waals surface area (Å²) in [4.78, 5) is 14.7. The lowest BCUT2D eigenvalue weighted by atomic mass is 9.33. The normalized spacial score (nSPS) is 55.0. The highest BCUT2D eigenvalue weighted by atomic mass is 16.8. The maximum absolute atomic E-state index is 14.7. The molecule has 0 aromatic carbocycles. The third-order valence-electron chi connectivity index (χ3n) is 20.7. The summed E-state index contributed by atoms with van der Waals surface area (Å²) < 4.78 is 47.8. The molecule has 4 aliphatic heterocycles. The molecule has 4 saturated carbocycles. The molecule has 9 aliphatic rings. The van der Waals surface area contributed by atoms with Crippen LogP contribution in [0, 0.1) is 50.2 Å². The van der Waals surface area contributed by atoms with Gasteiger partial charge in [0, 0.05) is 5.41 Å². The van der Waals surface area contributed by atoms with Crippen molar-refractivity contribution in [2.75, 3.05) is 26.4 Å².